The summed E-state index contributed by atoms with van der Waals surface area (Å²) in [5.74, 6) is -2.56. The van der Waals surface area contributed by atoms with E-state index >= 15 is 0 Å². The van der Waals surface area contributed by atoms with E-state index in [1.165, 1.54) is 12.1 Å². The Morgan fingerprint density at radius 2 is 2.05 bits per heavy atom. The molecule has 0 saturated heterocycles. The lowest BCUT2D eigenvalue weighted by Crippen LogP contribution is -2.18. The Morgan fingerprint density at radius 1 is 1.35 bits per heavy atom. The minimum atomic E-state index is -1.07. The molecule has 106 valence electrons. The highest BCUT2D eigenvalue weighted by atomic mass is 79.9. The standard InChI is InChI=1S/C14H13BrF2N2O/c1-8(2)19-7-9(15)6-12(19)14(20)18-11-5-3-4-10(16)13(11)17/h3-8H,1-2H3,(H,18,20). The lowest BCUT2D eigenvalue weighted by Gasteiger charge is -2.13. The SMILES string of the molecule is CC(C)n1cc(Br)cc1C(=O)Nc1cccc(F)c1F. The Hall–Kier alpha value is -1.69. The van der Waals surface area contributed by atoms with Crippen molar-refractivity contribution in [3.05, 3.63) is 52.3 Å². The van der Waals surface area contributed by atoms with E-state index in [0.717, 1.165) is 10.5 Å². The summed E-state index contributed by atoms with van der Waals surface area (Å²) >= 11 is 3.30. The molecule has 1 aromatic heterocycles. The minimum absolute atomic E-state index is 0.0689. The van der Waals surface area contributed by atoms with Crippen LogP contribution in [0.4, 0.5) is 14.5 Å². The fraction of sp³-hybridized carbons (Fsp3) is 0.214. The predicted molar refractivity (Wildman–Crippen MR) is 76.8 cm³/mol. The first-order valence-corrected chi connectivity index (χ1v) is 6.82. The third-order valence-corrected chi connectivity index (χ3v) is 3.24. The highest BCUT2D eigenvalue weighted by molar-refractivity contribution is 9.10. The summed E-state index contributed by atoms with van der Waals surface area (Å²) in [6, 6.07) is 5.35. The van der Waals surface area contributed by atoms with Crippen molar-refractivity contribution in [2.45, 2.75) is 19.9 Å². The Bertz CT molecular complexity index is 653. The summed E-state index contributed by atoms with van der Waals surface area (Å²) in [7, 11) is 0. The number of amides is 1. The van der Waals surface area contributed by atoms with Crippen LogP contribution >= 0.6 is 15.9 Å². The van der Waals surface area contributed by atoms with Crippen LogP contribution in [0.1, 0.15) is 30.4 Å². The maximum atomic E-state index is 13.5. The first kappa shape index (κ1) is 14.7. The molecule has 0 atom stereocenters. The van der Waals surface area contributed by atoms with Gasteiger partial charge in [0.25, 0.3) is 5.91 Å². The summed E-state index contributed by atoms with van der Waals surface area (Å²) in [5.41, 5.74) is 0.193. The van der Waals surface area contributed by atoms with E-state index in [9.17, 15) is 13.6 Å². The molecular weight excluding hydrogens is 330 g/mol. The molecule has 0 aliphatic rings. The van der Waals surface area contributed by atoms with Crippen LogP contribution in [-0.2, 0) is 0 Å². The first-order chi connectivity index (χ1) is 9.40. The van der Waals surface area contributed by atoms with Gasteiger partial charge in [0.1, 0.15) is 5.69 Å². The maximum Gasteiger partial charge on any atom is 0.272 e. The third-order valence-electron chi connectivity index (χ3n) is 2.80. The molecule has 0 radical (unpaired) electrons. The lowest BCUT2D eigenvalue weighted by molar-refractivity contribution is 0.101. The second kappa shape index (κ2) is 5.75. The highest BCUT2D eigenvalue weighted by Crippen LogP contribution is 2.22. The number of aromatic nitrogens is 1. The van der Waals surface area contributed by atoms with Crippen molar-refractivity contribution in [1.82, 2.24) is 4.57 Å². The zero-order valence-electron chi connectivity index (χ0n) is 11.0. The average Bonchev–Trinajstić information content (AvgIpc) is 2.77. The van der Waals surface area contributed by atoms with Crippen molar-refractivity contribution in [1.29, 1.82) is 0 Å². The molecule has 0 saturated carbocycles. The topological polar surface area (TPSA) is 34.0 Å². The molecule has 2 rings (SSSR count). The molecule has 2 aromatic rings. The number of hydrogen-bond acceptors (Lipinski definition) is 1. The van der Waals surface area contributed by atoms with Crippen molar-refractivity contribution in [3.63, 3.8) is 0 Å². The van der Waals surface area contributed by atoms with Gasteiger partial charge in [-0.05, 0) is 48.0 Å². The van der Waals surface area contributed by atoms with Gasteiger partial charge in [0, 0.05) is 16.7 Å². The predicted octanol–water partition coefficient (Wildman–Crippen LogP) is 4.36. The number of nitrogens with zero attached hydrogens (tertiary/aromatic N) is 1. The molecule has 0 bridgehead atoms. The summed E-state index contributed by atoms with van der Waals surface area (Å²) in [6.07, 6.45) is 1.77. The second-order valence-electron chi connectivity index (χ2n) is 4.60. The van der Waals surface area contributed by atoms with Crippen LogP contribution < -0.4 is 5.32 Å². The van der Waals surface area contributed by atoms with Gasteiger partial charge >= 0.3 is 0 Å². The number of carbonyl (C=O) groups is 1. The zero-order chi connectivity index (χ0) is 14.9. The maximum absolute atomic E-state index is 13.5. The summed E-state index contributed by atoms with van der Waals surface area (Å²) < 4.78 is 29.1. The number of hydrogen-bond donors (Lipinski definition) is 1. The average molecular weight is 343 g/mol. The van der Waals surface area contributed by atoms with Crippen molar-refractivity contribution >= 4 is 27.5 Å². The summed E-state index contributed by atoms with van der Waals surface area (Å²) in [6.45, 7) is 3.85. The van der Waals surface area contributed by atoms with E-state index < -0.39 is 17.5 Å². The fourth-order valence-corrected chi connectivity index (χ4v) is 2.28. The Labute approximate surface area is 123 Å². The first-order valence-electron chi connectivity index (χ1n) is 6.03. The van der Waals surface area contributed by atoms with Gasteiger partial charge in [-0.25, -0.2) is 8.78 Å². The normalized spacial score (nSPS) is 10.9. The summed E-state index contributed by atoms with van der Waals surface area (Å²) in [5, 5.41) is 2.38. The number of anilines is 1. The molecule has 0 fully saturated rings. The van der Waals surface area contributed by atoms with Crippen molar-refractivity contribution < 1.29 is 13.6 Å². The molecule has 3 nitrogen and oxygen atoms in total. The third kappa shape index (κ3) is 2.90. The van der Waals surface area contributed by atoms with Gasteiger partial charge in [0.05, 0.1) is 5.69 Å². The van der Waals surface area contributed by atoms with Crippen LogP contribution in [-0.4, -0.2) is 10.5 Å². The molecule has 0 spiro atoms. The number of carbonyl (C=O) groups excluding carboxylic acids is 1. The molecule has 1 N–H and O–H groups in total. The van der Waals surface area contributed by atoms with Crippen LogP contribution in [0.3, 0.4) is 0 Å². The van der Waals surface area contributed by atoms with E-state index in [1.807, 2.05) is 13.8 Å². The number of nitrogens with one attached hydrogen (secondary N) is 1. The van der Waals surface area contributed by atoms with Crippen LogP contribution in [0.5, 0.6) is 0 Å². The van der Waals surface area contributed by atoms with Gasteiger partial charge in [-0.2, -0.15) is 0 Å². The number of rotatable bonds is 3. The van der Waals surface area contributed by atoms with E-state index in [-0.39, 0.29) is 11.7 Å². The molecule has 1 heterocycles. The van der Waals surface area contributed by atoms with Crippen LogP contribution in [0, 0.1) is 11.6 Å². The van der Waals surface area contributed by atoms with Gasteiger partial charge in [-0.3, -0.25) is 4.79 Å². The molecule has 6 heteroatoms. The van der Waals surface area contributed by atoms with Crippen LogP contribution in [0.25, 0.3) is 0 Å². The van der Waals surface area contributed by atoms with E-state index in [4.69, 9.17) is 0 Å². The molecular formula is C14H13BrF2N2O. The summed E-state index contributed by atoms with van der Waals surface area (Å²) in [4.78, 5) is 12.2. The Morgan fingerprint density at radius 3 is 2.70 bits per heavy atom. The van der Waals surface area contributed by atoms with E-state index in [1.54, 1.807) is 16.8 Å². The molecule has 0 aliphatic carbocycles. The van der Waals surface area contributed by atoms with Gasteiger partial charge in [-0.15, -0.1) is 0 Å². The van der Waals surface area contributed by atoms with Gasteiger partial charge in [-0.1, -0.05) is 6.07 Å². The van der Waals surface area contributed by atoms with Gasteiger partial charge < -0.3 is 9.88 Å². The van der Waals surface area contributed by atoms with Crippen molar-refractivity contribution in [2.24, 2.45) is 0 Å². The van der Waals surface area contributed by atoms with Crippen molar-refractivity contribution in [3.8, 4) is 0 Å². The zero-order valence-corrected chi connectivity index (χ0v) is 12.5. The smallest absolute Gasteiger partial charge is 0.272 e. The lowest BCUT2D eigenvalue weighted by atomic mass is 10.2. The van der Waals surface area contributed by atoms with E-state index in [0.29, 0.717) is 5.69 Å². The second-order valence-corrected chi connectivity index (χ2v) is 5.52. The molecule has 1 aromatic carbocycles. The van der Waals surface area contributed by atoms with Crippen LogP contribution in [0.2, 0.25) is 0 Å². The largest absolute Gasteiger partial charge is 0.340 e. The van der Waals surface area contributed by atoms with Crippen molar-refractivity contribution in [2.75, 3.05) is 5.32 Å². The van der Waals surface area contributed by atoms with E-state index in [2.05, 4.69) is 21.2 Å². The Balaban J connectivity index is 2.31. The Kier molecular flexibility index (Phi) is 4.23. The molecule has 0 aliphatic heterocycles. The quantitative estimate of drug-likeness (QED) is 0.883. The monoisotopic (exact) mass is 342 g/mol. The molecule has 1 amide bonds. The molecule has 20 heavy (non-hydrogen) atoms. The van der Waals surface area contributed by atoms with Gasteiger partial charge in [0.15, 0.2) is 11.6 Å². The highest BCUT2D eigenvalue weighted by Gasteiger charge is 2.17. The number of benzene rings is 1. The minimum Gasteiger partial charge on any atom is -0.340 e. The number of halogens is 3. The fourth-order valence-electron chi connectivity index (χ4n) is 1.84. The van der Waals surface area contributed by atoms with Gasteiger partial charge in [0.2, 0.25) is 0 Å². The molecule has 0 unspecified atom stereocenters. The van der Waals surface area contributed by atoms with Crippen LogP contribution in [0.15, 0.2) is 34.9 Å².